The summed E-state index contributed by atoms with van der Waals surface area (Å²) in [5, 5.41) is 0. The van der Waals surface area contributed by atoms with E-state index in [-0.39, 0.29) is 5.91 Å². The second-order valence-corrected chi connectivity index (χ2v) is 5.60. The molecule has 0 radical (unpaired) electrons. The van der Waals surface area contributed by atoms with Crippen molar-refractivity contribution in [2.24, 2.45) is 0 Å². The van der Waals surface area contributed by atoms with Gasteiger partial charge in [0.1, 0.15) is 5.69 Å². The number of likely N-dealkylation sites (N-methyl/N-ethyl adjacent to an activating group) is 1. The van der Waals surface area contributed by atoms with Crippen LogP contribution < -0.4 is 0 Å². The van der Waals surface area contributed by atoms with Gasteiger partial charge in [0.25, 0.3) is 5.91 Å². The van der Waals surface area contributed by atoms with Crippen LogP contribution in [0.4, 0.5) is 0 Å². The summed E-state index contributed by atoms with van der Waals surface area (Å²) in [6.45, 7) is 3.32. The highest BCUT2D eigenvalue weighted by molar-refractivity contribution is 9.10. The summed E-state index contributed by atoms with van der Waals surface area (Å²) >= 11 is 3.36. The van der Waals surface area contributed by atoms with Gasteiger partial charge in [-0.05, 0) is 23.0 Å². The molecule has 1 saturated heterocycles. The Morgan fingerprint density at radius 3 is 2.63 bits per heavy atom. The molecule has 0 atom stereocenters. The molecule has 7 heteroatoms. The second kappa shape index (κ2) is 4.90. The number of hydrogen-bond acceptors (Lipinski definition) is 4. The molecule has 3 heterocycles. The van der Waals surface area contributed by atoms with Crippen LogP contribution in [0.1, 0.15) is 10.5 Å². The topological polar surface area (TPSA) is 53.7 Å². The van der Waals surface area contributed by atoms with Gasteiger partial charge in [0.15, 0.2) is 0 Å². The molecule has 100 valence electrons. The average Bonchev–Trinajstić information content (AvgIpc) is 2.81. The Labute approximate surface area is 119 Å². The summed E-state index contributed by atoms with van der Waals surface area (Å²) < 4.78 is 2.55. The Hall–Kier alpha value is -1.47. The van der Waals surface area contributed by atoms with Crippen molar-refractivity contribution in [1.29, 1.82) is 0 Å². The summed E-state index contributed by atoms with van der Waals surface area (Å²) in [5.41, 5.74) is 0.563. The van der Waals surface area contributed by atoms with E-state index in [1.165, 1.54) is 0 Å². The zero-order valence-electron chi connectivity index (χ0n) is 10.6. The lowest BCUT2D eigenvalue weighted by Gasteiger charge is -2.32. The molecular formula is C12H14BrN5O. The fraction of sp³-hybridized carbons (Fsp3) is 0.417. The Bertz CT molecular complexity index is 618. The van der Waals surface area contributed by atoms with Gasteiger partial charge < -0.3 is 9.80 Å². The van der Waals surface area contributed by atoms with Crippen molar-refractivity contribution in [2.45, 2.75) is 0 Å². The van der Waals surface area contributed by atoms with E-state index in [0.29, 0.717) is 11.5 Å². The van der Waals surface area contributed by atoms with Gasteiger partial charge in [-0.25, -0.2) is 9.97 Å². The van der Waals surface area contributed by atoms with E-state index in [0.717, 1.165) is 30.7 Å². The third-order valence-electron chi connectivity index (χ3n) is 3.34. The molecule has 2 aromatic heterocycles. The fourth-order valence-corrected chi connectivity index (χ4v) is 2.49. The van der Waals surface area contributed by atoms with E-state index in [1.807, 2.05) is 11.1 Å². The molecule has 1 aliphatic heterocycles. The number of halogens is 1. The molecule has 2 aromatic rings. The van der Waals surface area contributed by atoms with Crippen molar-refractivity contribution < 1.29 is 4.79 Å². The number of fused-ring (bicyclic) bond motifs is 1. The maximum atomic E-state index is 12.5. The summed E-state index contributed by atoms with van der Waals surface area (Å²) in [6, 6.07) is 0. The van der Waals surface area contributed by atoms with Crippen molar-refractivity contribution in [3.8, 4) is 0 Å². The van der Waals surface area contributed by atoms with E-state index >= 15 is 0 Å². The minimum Gasteiger partial charge on any atom is -0.335 e. The smallest absolute Gasteiger partial charge is 0.272 e. The number of piperazine rings is 1. The highest BCUT2D eigenvalue weighted by atomic mass is 79.9. The minimum absolute atomic E-state index is 0.0144. The van der Waals surface area contributed by atoms with Gasteiger partial charge in [0.2, 0.25) is 5.78 Å². The third kappa shape index (κ3) is 2.35. The summed E-state index contributed by atoms with van der Waals surface area (Å²) in [5.74, 6) is 0.557. The Kier molecular flexibility index (Phi) is 3.24. The number of aromatic nitrogens is 3. The second-order valence-electron chi connectivity index (χ2n) is 4.68. The molecule has 6 nitrogen and oxygen atoms in total. The Morgan fingerprint density at radius 1 is 1.21 bits per heavy atom. The normalized spacial score (nSPS) is 17.1. The zero-order valence-corrected chi connectivity index (χ0v) is 12.2. The van der Waals surface area contributed by atoms with Crippen molar-refractivity contribution in [2.75, 3.05) is 33.2 Å². The van der Waals surface area contributed by atoms with Gasteiger partial charge >= 0.3 is 0 Å². The molecule has 0 N–H and O–H groups in total. The maximum Gasteiger partial charge on any atom is 0.272 e. The fourth-order valence-electron chi connectivity index (χ4n) is 2.18. The number of amides is 1. The number of carbonyl (C=O) groups is 1. The first kappa shape index (κ1) is 12.6. The number of imidazole rings is 1. The summed E-state index contributed by atoms with van der Waals surface area (Å²) in [4.78, 5) is 24.9. The van der Waals surface area contributed by atoms with Gasteiger partial charge in [-0.15, -0.1) is 0 Å². The molecule has 0 saturated carbocycles. The lowest BCUT2D eigenvalue weighted by Crippen LogP contribution is -2.47. The van der Waals surface area contributed by atoms with Gasteiger partial charge in [-0.3, -0.25) is 9.20 Å². The van der Waals surface area contributed by atoms with Crippen molar-refractivity contribution in [1.82, 2.24) is 24.2 Å². The Morgan fingerprint density at radius 2 is 1.89 bits per heavy atom. The first-order valence-corrected chi connectivity index (χ1v) is 6.91. The van der Waals surface area contributed by atoms with Crippen LogP contribution in [0.15, 0.2) is 23.1 Å². The van der Waals surface area contributed by atoms with Gasteiger partial charge in [0, 0.05) is 38.6 Å². The molecule has 0 aliphatic carbocycles. The van der Waals surface area contributed by atoms with Crippen LogP contribution in [0.3, 0.4) is 0 Å². The number of rotatable bonds is 1. The van der Waals surface area contributed by atoms with Crippen molar-refractivity contribution >= 4 is 27.6 Å². The predicted octanol–water partition coefficient (Wildman–Crippen LogP) is 0.879. The van der Waals surface area contributed by atoms with E-state index in [2.05, 4.69) is 37.8 Å². The number of carbonyl (C=O) groups excluding carboxylic acids is 1. The van der Waals surface area contributed by atoms with Crippen LogP contribution >= 0.6 is 15.9 Å². The standard InChI is InChI=1S/C12H14BrN5O/c1-16-2-4-17(5-3-16)11(19)10-7-15-12-14-6-9(13)8-18(10)12/h6-8H,2-5H2,1H3. The van der Waals surface area contributed by atoms with Gasteiger partial charge in [-0.1, -0.05) is 0 Å². The SMILES string of the molecule is CN1CCN(C(=O)c2cnc3ncc(Br)cn23)CC1. The largest absolute Gasteiger partial charge is 0.335 e. The summed E-state index contributed by atoms with van der Waals surface area (Å²) in [6.07, 6.45) is 5.08. The third-order valence-corrected chi connectivity index (χ3v) is 3.75. The van der Waals surface area contributed by atoms with Crippen LogP contribution in [0, 0.1) is 0 Å². The minimum atomic E-state index is 0.0144. The van der Waals surface area contributed by atoms with Gasteiger partial charge in [-0.2, -0.15) is 0 Å². The quantitative estimate of drug-likeness (QED) is 0.781. The molecule has 1 amide bonds. The average molecular weight is 324 g/mol. The molecule has 1 fully saturated rings. The molecule has 0 bridgehead atoms. The first-order chi connectivity index (χ1) is 9.15. The molecule has 0 unspecified atom stereocenters. The molecule has 0 spiro atoms. The van der Waals surface area contributed by atoms with E-state index in [1.54, 1.807) is 16.8 Å². The Balaban J connectivity index is 1.91. The maximum absolute atomic E-state index is 12.5. The molecule has 3 rings (SSSR count). The molecule has 19 heavy (non-hydrogen) atoms. The van der Waals surface area contributed by atoms with Crippen LogP contribution in [0.5, 0.6) is 0 Å². The molecular weight excluding hydrogens is 310 g/mol. The number of nitrogens with zero attached hydrogens (tertiary/aromatic N) is 5. The van der Waals surface area contributed by atoms with E-state index in [4.69, 9.17) is 0 Å². The zero-order chi connectivity index (χ0) is 13.4. The van der Waals surface area contributed by atoms with E-state index < -0.39 is 0 Å². The lowest BCUT2D eigenvalue weighted by molar-refractivity contribution is 0.0657. The van der Waals surface area contributed by atoms with Crippen LogP contribution in [-0.2, 0) is 0 Å². The lowest BCUT2D eigenvalue weighted by atomic mass is 10.3. The molecule has 1 aliphatic rings. The number of hydrogen-bond donors (Lipinski definition) is 0. The van der Waals surface area contributed by atoms with Crippen LogP contribution in [-0.4, -0.2) is 63.3 Å². The van der Waals surface area contributed by atoms with Gasteiger partial charge in [0.05, 0.1) is 10.7 Å². The van der Waals surface area contributed by atoms with E-state index in [9.17, 15) is 4.79 Å². The van der Waals surface area contributed by atoms with Crippen LogP contribution in [0.2, 0.25) is 0 Å². The van der Waals surface area contributed by atoms with Crippen molar-refractivity contribution in [3.63, 3.8) is 0 Å². The highest BCUT2D eigenvalue weighted by Crippen LogP contribution is 2.13. The summed E-state index contributed by atoms with van der Waals surface area (Å²) in [7, 11) is 2.07. The first-order valence-electron chi connectivity index (χ1n) is 6.11. The van der Waals surface area contributed by atoms with Crippen molar-refractivity contribution in [3.05, 3.63) is 28.8 Å². The highest BCUT2D eigenvalue weighted by Gasteiger charge is 2.23. The predicted molar refractivity (Wildman–Crippen MR) is 74.1 cm³/mol. The monoisotopic (exact) mass is 323 g/mol. The molecule has 0 aromatic carbocycles. The van der Waals surface area contributed by atoms with Crippen LogP contribution in [0.25, 0.3) is 5.78 Å².